The molecule has 0 aliphatic carbocycles. The summed E-state index contributed by atoms with van der Waals surface area (Å²) < 4.78 is 14.6. The van der Waals surface area contributed by atoms with Gasteiger partial charge in [0, 0.05) is 18.8 Å². The van der Waals surface area contributed by atoms with Gasteiger partial charge in [-0.3, -0.25) is 4.79 Å². The van der Waals surface area contributed by atoms with Crippen molar-refractivity contribution in [2.45, 2.75) is 27.7 Å². The molecule has 1 aromatic carbocycles. The molecular weight excluding hydrogens is 302 g/mol. The molecular formula is C16H27NO6. The van der Waals surface area contributed by atoms with Crippen LogP contribution in [0.3, 0.4) is 0 Å². The number of ether oxygens (including phenoxy) is 3. The highest BCUT2D eigenvalue weighted by Crippen LogP contribution is 2.12. The zero-order valence-corrected chi connectivity index (χ0v) is 14.2. The zero-order valence-electron chi connectivity index (χ0n) is 14.2. The van der Waals surface area contributed by atoms with Gasteiger partial charge in [0.15, 0.2) is 0 Å². The zero-order chi connectivity index (χ0) is 18.1. The molecule has 1 amide bonds. The van der Waals surface area contributed by atoms with Crippen molar-refractivity contribution in [2.75, 3.05) is 26.4 Å². The second-order valence-corrected chi connectivity index (χ2v) is 3.60. The van der Waals surface area contributed by atoms with Gasteiger partial charge in [0.2, 0.25) is 5.91 Å². The lowest BCUT2D eigenvalue weighted by Gasteiger charge is -2.06. The predicted octanol–water partition coefficient (Wildman–Crippen LogP) is 2.36. The third kappa shape index (κ3) is 13.3. The highest BCUT2D eigenvalue weighted by Gasteiger charge is 2.06. The van der Waals surface area contributed by atoms with E-state index in [1.807, 2.05) is 20.8 Å². The van der Waals surface area contributed by atoms with E-state index < -0.39 is 12.1 Å². The largest absolute Gasteiger partial charge is 0.513 e. The fraction of sp³-hybridized carbons (Fsp3) is 0.500. The Hall–Kier alpha value is -2.12. The standard InChI is InChI=1S/C12H15NO5.C2H6O.C2H6/c1-2-16-7-8-17-12(15)18-10-5-3-9(4-6-10)11(13)14;1-2-3;1-2/h3-6H,2,7-8H2,1H3,(H2,13,14);3H,2H2,1H3;1-2H3. The lowest BCUT2D eigenvalue weighted by molar-refractivity contribution is 0.0560. The molecule has 0 atom stereocenters. The molecule has 0 bridgehead atoms. The van der Waals surface area contributed by atoms with Crippen molar-refractivity contribution < 1.29 is 28.9 Å². The minimum Gasteiger partial charge on any atom is -0.432 e. The van der Waals surface area contributed by atoms with Crippen LogP contribution in [0.1, 0.15) is 38.1 Å². The maximum atomic E-state index is 11.2. The van der Waals surface area contributed by atoms with Crippen LogP contribution in [-0.4, -0.2) is 43.6 Å². The Bertz CT molecular complexity index is 419. The second kappa shape index (κ2) is 16.3. The summed E-state index contributed by atoms with van der Waals surface area (Å²) >= 11 is 0. The third-order valence-electron chi connectivity index (χ3n) is 1.99. The van der Waals surface area contributed by atoms with E-state index in [0.717, 1.165) is 0 Å². The van der Waals surface area contributed by atoms with Gasteiger partial charge in [0.25, 0.3) is 0 Å². The first-order valence-corrected chi connectivity index (χ1v) is 7.48. The highest BCUT2D eigenvalue weighted by molar-refractivity contribution is 5.92. The smallest absolute Gasteiger partial charge is 0.432 e. The molecule has 3 N–H and O–H groups in total. The Morgan fingerprint density at radius 1 is 1.09 bits per heavy atom. The number of benzene rings is 1. The molecule has 23 heavy (non-hydrogen) atoms. The van der Waals surface area contributed by atoms with Crippen molar-refractivity contribution >= 4 is 12.1 Å². The summed E-state index contributed by atoms with van der Waals surface area (Å²) in [4.78, 5) is 22.0. The van der Waals surface area contributed by atoms with E-state index in [2.05, 4.69) is 0 Å². The van der Waals surface area contributed by atoms with Crippen LogP contribution in [0.15, 0.2) is 24.3 Å². The Morgan fingerprint density at radius 3 is 2.04 bits per heavy atom. The van der Waals surface area contributed by atoms with E-state index in [9.17, 15) is 9.59 Å². The molecule has 0 unspecified atom stereocenters. The van der Waals surface area contributed by atoms with Crippen molar-refractivity contribution in [1.82, 2.24) is 0 Å². The predicted molar refractivity (Wildman–Crippen MR) is 87.5 cm³/mol. The van der Waals surface area contributed by atoms with Crippen LogP contribution in [0, 0.1) is 0 Å². The summed E-state index contributed by atoms with van der Waals surface area (Å²) in [6.45, 7) is 8.80. The summed E-state index contributed by atoms with van der Waals surface area (Å²) in [7, 11) is 0. The number of aliphatic hydroxyl groups excluding tert-OH is 1. The lowest BCUT2D eigenvalue weighted by atomic mass is 10.2. The average Bonchev–Trinajstić information content (AvgIpc) is 2.55. The van der Waals surface area contributed by atoms with Gasteiger partial charge in [-0.25, -0.2) is 4.79 Å². The highest BCUT2D eigenvalue weighted by atomic mass is 16.7. The van der Waals surface area contributed by atoms with Gasteiger partial charge in [-0.2, -0.15) is 0 Å². The van der Waals surface area contributed by atoms with Gasteiger partial charge in [0.05, 0.1) is 6.61 Å². The summed E-state index contributed by atoms with van der Waals surface area (Å²) in [6, 6.07) is 5.85. The molecule has 0 saturated carbocycles. The minimum atomic E-state index is -0.818. The number of amides is 1. The number of carbonyl (C=O) groups is 2. The van der Waals surface area contributed by atoms with Crippen molar-refractivity contribution in [3.63, 3.8) is 0 Å². The van der Waals surface area contributed by atoms with E-state index in [1.165, 1.54) is 24.3 Å². The third-order valence-corrected chi connectivity index (χ3v) is 1.99. The summed E-state index contributed by atoms with van der Waals surface area (Å²) in [6.07, 6.45) is -0.818. The number of hydrogen-bond acceptors (Lipinski definition) is 6. The maximum Gasteiger partial charge on any atom is 0.513 e. The molecule has 132 valence electrons. The SMILES string of the molecule is CC.CCO.CCOCCOC(=O)Oc1ccc(C(N)=O)cc1. The number of carbonyl (C=O) groups excluding carboxylic acids is 2. The Labute approximate surface area is 137 Å². The lowest BCUT2D eigenvalue weighted by Crippen LogP contribution is -2.15. The quantitative estimate of drug-likeness (QED) is 0.471. The van der Waals surface area contributed by atoms with Gasteiger partial charge in [0.1, 0.15) is 12.4 Å². The van der Waals surface area contributed by atoms with Crippen molar-refractivity contribution in [1.29, 1.82) is 0 Å². The van der Waals surface area contributed by atoms with Crippen molar-refractivity contribution in [3.8, 4) is 5.75 Å². The molecule has 0 aliphatic heterocycles. The summed E-state index contributed by atoms with van der Waals surface area (Å²) in [5, 5.41) is 7.57. The first-order chi connectivity index (χ1) is 11.0. The molecule has 7 heteroatoms. The Balaban J connectivity index is 0. The molecule has 0 aliphatic rings. The molecule has 1 rings (SSSR count). The number of hydrogen-bond donors (Lipinski definition) is 2. The van der Waals surface area contributed by atoms with Gasteiger partial charge in [-0.15, -0.1) is 0 Å². The topological polar surface area (TPSA) is 108 Å². The number of nitrogens with two attached hydrogens (primary N) is 1. The van der Waals surface area contributed by atoms with Crippen molar-refractivity contribution in [2.24, 2.45) is 5.73 Å². The van der Waals surface area contributed by atoms with E-state index in [1.54, 1.807) is 6.92 Å². The molecule has 0 aromatic heterocycles. The molecule has 0 radical (unpaired) electrons. The maximum absolute atomic E-state index is 11.2. The van der Waals surface area contributed by atoms with Gasteiger partial charge >= 0.3 is 6.16 Å². The van der Waals surface area contributed by atoms with Crippen LogP contribution >= 0.6 is 0 Å². The summed E-state index contributed by atoms with van der Waals surface area (Å²) in [5.41, 5.74) is 5.41. The molecule has 0 saturated heterocycles. The molecule has 1 aromatic rings. The molecule has 0 heterocycles. The van der Waals surface area contributed by atoms with E-state index >= 15 is 0 Å². The van der Waals surface area contributed by atoms with Crippen LogP contribution in [0.5, 0.6) is 5.75 Å². The fourth-order valence-corrected chi connectivity index (χ4v) is 1.14. The van der Waals surface area contributed by atoms with Gasteiger partial charge < -0.3 is 25.1 Å². The van der Waals surface area contributed by atoms with Crippen LogP contribution < -0.4 is 10.5 Å². The first kappa shape index (κ1) is 23.2. The number of primary amides is 1. The van der Waals surface area contributed by atoms with Gasteiger partial charge in [-0.05, 0) is 38.1 Å². The van der Waals surface area contributed by atoms with E-state index in [-0.39, 0.29) is 19.0 Å². The number of rotatable bonds is 6. The minimum absolute atomic E-state index is 0.131. The average molecular weight is 329 g/mol. The Morgan fingerprint density at radius 2 is 1.61 bits per heavy atom. The van der Waals surface area contributed by atoms with Crippen molar-refractivity contribution in [3.05, 3.63) is 29.8 Å². The van der Waals surface area contributed by atoms with Crippen LogP contribution in [0.2, 0.25) is 0 Å². The molecule has 7 nitrogen and oxygen atoms in total. The molecule has 0 spiro atoms. The summed E-state index contributed by atoms with van der Waals surface area (Å²) in [5.74, 6) is -0.262. The van der Waals surface area contributed by atoms with Crippen LogP contribution in [-0.2, 0) is 9.47 Å². The van der Waals surface area contributed by atoms with Crippen LogP contribution in [0.25, 0.3) is 0 Å². The monoisotopic (exact) mass is 329 g/mol. The van der Waals surface area contributed by atoms with E-state index in [0.29, 0.717) is 18.8 Å². The number of aliphatic hydroxyl groups is 1. The normalized spacial score (nSPS) is 8.74. The van der Waals surface area contributed by atoms with Gasteiger partial charge in [-0.1, -0.05) is 13.8 Å². The second-order valence-electron chi connectivity index (χ2n) is 3.60. The first-order valence-electron chi connectivity index (χ1n) is 7.48. The fourth-order valence-electron chi connectivity index (χ4n) is 1.14. The molecule has 0 fully saturated rings. The Kier molecular flexibility index (Phi) is 16.4. The van der Waals surface area contributed by atoms with E-state index in [4.69, 9.17) is 25.1 Å². The van der Waals surface area contributed by atoms with Crippen LogP contribution in [0.4, 0.5) is 4.79 Å².